The molecule has 0 bridgehead atoms. The molecule has 0 aromatic rings. The minimum atomic E-state index is -0.813. The van der Waals surface area contributed by atoms with Crippen LogP contribution in [-0.4, -0.2) is 34.5 Å². The van der Waals surface area contributed by atoms with Crippen molar-refractivity contribution < 1.29 is 14.7 Å². The molecule has 1 N–H and O–H groups in total. The van der Waals surface area contributed by atoms with Crippen molar-refractivity contribution in [1.82, 2.24) is 4.90 Å². The summed E-state index contributed by atoms with van der Waals surface area (Å²) < 4.78 is 0. The number of nitrogens with zero attached hydrogens (tertiary/aromatic N) is 1. The molecule has 0 fully saturated rings. The molecule has 0 unspecified atom stereocenters. The van der Waals surface area contributed by atoms with Gasteiger partial charge in [0.1, 0.15) is 0 Å². The standard InChI is InChI=1S/C9H17NO3/c1-7(2)10(8(3)11)6-4-5-9(12)13/h7H,4-6H2,1-3H3,(H,12,13). The first-order valence-corrected chi connectivity index (χ1v) is 4.44. The van der Waals surface area contributed by atoms with Crippen LogP contribution in [-0.2, 0) is 9.59 Å². The zero-order valence-electron chi connectivity index (χ0n) is 8.41. The van der Waals surface area contributed by atoms with Crippen molar-refractivity contribution in [3.8, 4) is 0 Å². The van der Waals surface area contributed by atoms with Crippen LogP contribution in [0.25, 0.3) is 0 Å². The summed E-state index contributed by atoms with van der Waals surface area (Å²) in [6, 6.07) is 0.145. The molecular weight excluding hydrogens is 170 g/mol. The monoisotopic (exact) mass is 187 g/mol. The third kappa shape index (κ3) is 5.22. The highest BCUT2D eigenvalue weighted by molar-refractivity contribution is 5.73. The number of hydrogen-bond donors (Lipinski definition) is 1. The molecule has 0 aliphatic heterocycles. The van der Waals surface area contributed by atoms with Crippen LogP contribution < -0.4 is 0 Å². The van der Waals surface area contributed by atoms with Gasteiger partial charge in [0.05, 0.1) is 0 Å². The van der Waals surface area contributed by atoms with Gasteiger partial charge in [0.25, 0.3) is 0 Å². The Bertz CT molecular complexity index is 189. The Balaban J connectivity index is 3.84. The summed E-state index contributed by atoms with van der Waals surface area (Å²) in [4.78, 5) is 22.9. The molecule has 0 atom stereocenters. The minimum absolute atomic E-state index is 0.000360. The Labute approximate surface area is 78.5 Å². The van der Waals surface area contributed by atoms with Gasteiger partial charge in [-0.05, 0) is 20.3 Å². The summed E-state index contributed by atoms with van der Waals surface area (Å²) in [5.41, 5.74) is 0. The van der Waals surface area contributed by atoms with Gasteiger partial charge in [-0.15, -0.1) is 0 Å². The lowest BCUT2D eigenvalue weighted by Gasteiger charge is -2.24. The second-order valence-electron chi connectivity index (χ2n) is 3.30. The number of hydrogen-bond acceptors (Lipinski definition) is 2. The second kappa shape index (κ2) is 5.56. The topological polar surface area (TPSA) is 57.6 Å². The molecule has 0 rings (SSSR count). The first kappa shape index (κ1) is 11.9. The van der Waals surface area contributed by atoms with E-state index in [9.17, 15) is 9.59 Å². The molecule has 0 saturated carbocycles. The Morgan fingerprint density at radius 3 is 2.23 bits per heavy atom. The lowest BCUT2D eigenvalue weighted by molar-refractivity contribution is -0.138. The van der Waals surface area contributed by atoms with E-state index in [4.69, 9.17) is 5.11 Å². The number of carboxylic acid groups (broad SMARTS) is 1. The van der Waals surface area contributed by atoms with Crippen molar-refractivity contribution in [2.75, 3.05) is 6.54 Å². The average Bonchev–Trinajstić information content (AvgIpc) is 1.95. The van der Waals surface area contributed by atoms with Crippen molar-refractivity contribution in [1.29, 1.82) is 0 Å². The fourth-order valence-corrected chi connectivity index (χ4v) is 1.18. The fourth-order valence-electron chi connectivity index (χ4n) is 1.18. The quantitative estimate of drug-likeness (QED) is 0.701. The van der Waals surface area contributed by atoms with E-state index in [2.05, 4.69) is 0 Å². The van der Waals surface area contributed by atoms with E-state index in [1.807, 2.05) is 13.8 Å². The summed E-state index contributed by atoms with van der Waals surface area (Å²) in [7, 11) is 0. The Morgan fingerprint density at radius 2 is 1.92 bits per heavy atom. The van der Waals surface area contributed by atoms with Crippen molar-refractivity contribution in [3.63, 3.8) is 0 Å². The van der Waals surface area contributed by atoms with Gasteiger partial charge in [-0.1, -0.05) is 0 Å². The molecule has 0 saturated heterocycles. The normalized spacial score (nSPS) is 10.2. The third-order valence-corrected chi connectivity index (χ3v) is 1.82. The lowest BCUT2D eigenvalue weighted by atomic mass is 10.2. The van der Waals surface area contributed by atoms with E-state index in [0.717, 1.165) is 0 Å². The molecule has 0 radical (unpaired) electrons. The Morgan fingerprint density at radius 1 is 1.38 bits per heavy atom. The van der Waals surface area contributed by atoms with E-state index in [1.54, 1.807) is 4.90 Å². The van der Waals surface area contributed by atoms with E-state index in [-0.39, 0.29) is 18.4 Å². The highest BCUT2D eigenvalue weighted by atomic mass is 16.4. The molecule has 13 heavy (non-hydrogen) atoms. The van der Waals surface area contributed by atoms with Crippen molar-refractivity contribution >= 4 is 11.9 Å². The summed E-state index contributed by atoms with van der Waals surface area (Å²) in [6.45, 7) is 5.87. The maximum Gasteiger partial charge on any atom is 0.303 e. The van der Waals surface area contributed by atoms with Gasteiger partial charge in [-0.2, -0.15) is 0 Å². The molecule has 0 heterocycles. The van der Waals surface area contributed by atoms with Crippen molar-refractivity contribution in [3.05, 3.63) is 0 Å². The predicted molar refractivity (Wildman–Crippen MR) is 49.4 cm³/mol. The molecule has 0 aliphatic carbocycles. The summed E-state index contributed by atoms with van der Waals surface area (Å²) in [6.07, 6.45) is 0.642. The van der Waals surface area contributed by atoms with Crippen LogP contribution in [0.15, 0.2) is 0 Å². The van der Waals surface area contributed by atoms with E-state index in [1.165, 1.54) is 6.92 Å². The highest BCUT2D eigenvalue weighted by Crippen LogP contribution is 2.01. The van der Waals surface area contributed by atoms with Crippen LogP contribution in [0.4, 0.5) is 0 Å². The molecule has 1 amide bonds. The SMILES string of the molecule is CC(=O)N(CCCC(=O)O)C(C)C. The summed E-state index contributed by atoms with van der Waals surface area (Å²) >= 11 is 0. The zero-order chi connectivity index (χ0) is 10.4. The molecule has 0 aliphatic rings. The van der Waals surface area contributed by atoms with Gasteiger partial charge < -0.3 is 10.0 Å². The number of carboxylic acids is 1. The third-order valence-electron chi connectivity index (χ3n) is 1.82. The smallest absolute Gasteiger partial charge is 0.303 e. The number of amides is 1. The van der Waals surface area contributed by atoms with E-state index < -0.39 is 5.97 Å². The second-order valence-corrected chi connectivity index (χ2v) is 3.30. The van der Waals surface area contributed by atoms with Gasteiger partial charge in [0.15, 0.2) is 0 Å². The molecule has 0 aromatic heterocycles. The molecule has 4 heteroatoms. The molecular formula is C9H17NO3. The summed E-state index contributed by atoms with van der Waals surface area (Å²) in [5, 5.41) is 8.40. The van der Waals surface area contributed by atoms with Gasteiger partial charge in [0.2, 0.25) is 5.91 Å². The predicted octanol–water partition coefficient (Wildman–Crippen LogP) is 1.11. The lowest BCUT2D eigenvalue weighted by Crippen LogP contribution is -2.36. The fraction of sp³-hybridized carbons (Fsp3) is 0.778. The van der Waals surface area contributed by atoms with Crippen LogP contribution in [0.5, 0.6) is 0 Å². The van der Waals surface area contributed by atoms with E-state index in [0.29, 0.717) is 13.0 Å². The van der Waals surface area contributed by atoms with Crippen molar-refractivity contribution in [2.24, 2.45) is 0 Å². The van der Waals surface area contributed by atoms with Crippen LogP contribution in [0.2, 0.25) is 0 Å². The number of aliphatic carboxylic acids is 1. The Kier molecular flexibility index (Phi) is 5.11. The molecule has 0 aromatic carbocycles. The summed E-state index contributed by atoms with van der Waals surface area (Å²) in [5.74, 6) is -0.812. The van der Waals surface area contributed by atoms with Gasteiger partial charge >= 0.3 is 5.97 Å². The van der Waals surface area contributed by atoms with Crippen LogP contribution in [0.1, 0.15) is 33.6 Å². The maximum absolute atomic E-state index is 11.0. The highest BCUT2D eigenvalue weighted by Gasteiger charge is 2.12. The van der Waals surface area contributed by atoms with Crippen LogP contribution in [0, 0.1) is 0 Å². The van der Waals surface area contributed by atoms with Gasteiger partial charge in [-0.25, -0.2) is 0 Å². The van der Waals surface area contributed by atoms with Crippen molar-refractivity contribution in [2.45, 2.75) is 39.7 Å². The molecule has 0 spiro atoms. The number of rotatable bonds is 5. The van der Waals surface area contributed by atoms with E-state index >= 15 is 0 Å². The van der Waals surface area contributed by atoms with Crippen LogP contribution in [0.3, 0.4) is 0 Å². The first-order chi connectivity index (χ1) is 5.95. The number of carbonyl (C=O) groups excluding carboxylic acids is 1. The minimum Gasteiger partial charge on any atom is -0.481 e. The average molecular weight is 187 g/mol. The number of carbonyl (C=O) groups is 2. The first-order valence-electron chi connectivity index (χ1n) is 4.44. The largest absolute Gasteiger partial charge is 0.481 e. The molecule has 4 nitrogen and oxygen atoms in total. The Hall–Kier alpha value is -1.06. The van der Waals surface area contributed by atoms with Gasteiger partial charge in [-0.3, -0.25) is 9.59 Å². The molecule has 76 valence electrons. The maximum atomic E-state index is 11.0. The zero-order valence-corrected chi connectivity index (χ0v) is 8.41. The van der Waals surface area contributed by atoms with Crippen LogP contribution >= 0.6 is 0 Å². The van der Waals surface area contributed by atoms with Gasteiger partial charge in [0, 0.05) is 25.9 Å².